The van der Waals surface area contributed by atoms with Crippen LogP contribution in [0.2, 0.25) is 0 Å². The number of ether oxygens (including phenoxy) is 2. The topological polar surface area (TPSA) is 152 Å². The lowest BCUT2D eigenvalue weighted by atomic mass is 9.73. The molecule has 4 rings (SSSR count). The molecule has 1 atom stereocenters. The Kier molecular flexibility index (Phi) is 7.53. The van der Waals surface area contributed by atoms with E-state index in [-0.39, 0.29) is 36.2 Å². The number of esters is 1. The number of methoxy groups -OCH3 is 2. The first-order valence-electron chi connectivity index (χ1n) is 11.8. The third-order valence-electron chi connectivity index (χ3n) is 6.67. The van der Waals surface area contributed by atoms with Crippen molar-refractivity contribution in [2.75, 3.05) is 39.2 Å². The molecule has 1 saturated heterocycles. The first-order valence-corrected chi connectivity index (χ1v) is 11.8. The Bertz CT molecular complexity index is 1240. The molecular weight excluding hydrogens is 478 g/mol. The zero-order valence-electron chi connectivity index (χ0n) is 20.7. The predicted molar refractivity (Wildman–Crippen MR) is 135 cm³/mol. The first-order chi connectivity index (χ1) is 17.8. The van der Waals surface area contributed by atoms with E-state index >= 15 is 0 Å². The van der Waals surface area contributed by atoms with Crippen LogP contribution in [0.25, 0.3) is 0 Å². The Balaban J connectivity index is 1.53. The molecular formula is C26H29N5O6. The lowest BCUT2D eigenvalue weighted by Crippen LogP contribution is -2.49. The van der Waals surface area contributed by atoms with Crippen molar-refractivity contribution in [1.82, 2.24) is 10.2 Å². The summed E-state index contributed by atoms with van der Waals surface area (Å²) in [6.45, 7) is 0.729. The number of amides is 3. The van der Waals surface area contributed by atoms with Gasteiger partial charge in [-0.05, 0) is 54.8 Å². The van der Waals surface area contributed by atoms with Crippen molar-refractivity contribution in [1.29, 1.82) is 0 Å². The van der Waals surface area contributed by atoms with Crippen molar-refractivity contribution >= 4 is 35.3 Å². The van der Waals surface area contributed by atoms with Gasteiger partial charge in [-0.1, -0.05) is 12.1 Å². The number of benzene rings is 2. The van der Waals surface area contributed by atoms with E-state index in [1.165, 1.54) is 14.2 Å². The third kappa shape index (κ3) is 5.17. The molecule has 3 amide bonds. The molecule has 11 heteroatoms. The summed E-state index contributed by atoms with van der Waals surface area (Å²) in [6, 6.07) is 13.3. The smallest absolute Gasteiger partial charge is 0.337 e. The quantitative estimate of drug-likeness (QED) is 0.477. The number of hydrogen-bond acceptors (Lipinski definition) is 8. The van der Waals surface area contributed by atoms with Gasteiger partial charge in [0.1, 0.15) is 6.61 Å². The highest BCUT2D eigenvalue weighted by Gasteiger charge is 2.52. The number of nitrogens with zero attached hydrogens (tertiary/aromatic N) is 2. The summed E-state index contributed by atoms with van der Waals surface area (Å²) in [4.78, 5) is 56.3. The van der Waals surface area contributed by atoms with Crippen LogP contribution >= 0.6 is 0 Å². The summed E-state index contributed by atoms with van der Waals surface area (Å²) in [5, 5.41) is 5.38. The fourth-order valence-corrected chi connectivity index (χ4v) is 4.90. The normalized spacial score (nSPS) is 19.7. The van der Waals surface area contributed by atoms with Crippen molar-refractivity contribution in [2.45, 2.75) is 18.4 Å². The van der Waals surface area contributed by atoms with E-state index in [2.05, 4.69) is 15.6 Å². The maximum Gasteiger partial charge on any atom is 0.337 e. The number of piperidine rings is 1. The fourth-order valence-electron chi connectivity index (χ4n) is 4.90. The number of hydrogen-bond donors (Lipinski definition) is 3. The van der Waals surface area contributed by atoms with Crippen LogP contribution < -0.4 is 16.4 Å². The largest absolute Gasteiger partial charge is 0.465 e. The molecule has 0 bridgehead atoms. The molecule has 2 heterocycles. The Morgan fingerprint density at radius 2 is 1.78 bits per heavy atom. The second kappa shape index (κ2) is 10.8. The van der Waals surface area contributed by atoms with E-state index in [9.17, 15) is 19.2 Å². The average molecular weight is 508 g/mol. The van der Waals surface area contributed by atoms with Crippen molar-refractivity contribution in [3.05, 3.63) is 65.2 Å². The highest BCUT2D eigenvalue weighted by molar-refractivity contribution is 6.07. The highest BCUT2D eigenvalue weighted by Crippen LogP contribution is 2.43. The van der Waals surface area contributed by atoms with Crippen molar-refractivity contribution < 1.29 is 28.7 Å². The summed E-state index contributed by atoms with van der Waals surface area (Å²) >= 11 is 0. The van der Waals surface area contributed by atoms with Gasteiger partial charge in [0.25, 0.3) is 11.8 Å². The number of carbonyl (C=O) groups excluding carboxylic acids is 4. The second-order valence-corrected chi connectivity index (χ2v) is 8.91. The van der Waals surface area contributed by atoms with Gasteiger partial charge in [-0.2, -0.15) is 0 Å². The van der Waals surface area contributed by atoms with E-state index in [0.29, 0.717) is 48.3 Å². The van der Waals surface area contributed by atoms with Crippen LogP contribution in [0.15, 0.2) is 53.5 Å². The van der Waals surface area contributed by atoms with Crippen LogP contribution in [0.5, 0.6) is 0 Å². The van der Waals surface area contributed by atoms with Crippen LogP contribution in [-0.2, 0) is 24.6 Å². The molecule has 1 unspecified atom stereocenters. The Hall–Kier alpha value is -4.25. The highest BCUT2D eigenvalue weighted by atomic mass is 16.5. The number of rotatable bonds is 7. The predicted octanol–water partition coefficient (Wildman–Crippen LogP) is 1.25. The lowest BCUT2D eigenvalue weighted by Gasteiger charge is -2.39. The van der Waals surface area contributed by atoms with Gasteiger partial charge in [0.05, 0.1) is 12.7 Å². The second-order valence-electron chi connectivity index (χ2n) is 8.91. The maximum atomic E-state index is 13.3. The van der Waals surface area contributed by atoms with Gasteiger partial charge in [-0.15, -0.1) is 0 Å². The van der Waals surface area contributed by atoms with E-state index in [1.807, 2.05) is 0 Å². The van der Waals surface area contributed by atoms with Gasteiger partial charge >= 0.3 is 5.97 Å². The third-order valence-corrected chi connectivity index (χ3v) is 6.67. The molecule has 4 N–H and O–H groups in total. The molecule has 0 saturated carbocycles. The van der Waals surface area contributed by atoms with Crippen LogP contribution in [0.4, 0.5) is 5.69 Å². The SMILES string of the molecule is COCC(=O)Nc1cccc(C2(C3CCN(C(=O)c4ccc(C(=O)OC)cc4)CC3)N=C(N)NC2=O)c1. The van der Waals surface area contributed by atoms with Crippen LogP contribution in [0.3, 0.4) is 0 Å². The number of anilines is 1. The minimum Gasteiger partial charge on any atom is -0.465 e. The van der Waals surface area contributed by atoms with E-state index in [4.69, 9.17) is 15.2 Å². The van der Waals surface area contributed by atoms with Crippen LogP contribution in [0, 0.1) is 5.92 Å². The minimum atomic E-state index is -1.27. The summed E-state index contributed by atoms with van der Waals surface area (Å²) < 4.78 is 9.57. The van der Waals surface area contributed by atoms with E-state index < -0.39 is 11.5 Å². The first kappa shape index (κ1) is 25.8. The van der Waals surface area contributed by atoms with Crippen molar-refractivity contribution in [3.63, 3.8) is 0 Å². The molecule has 0 aromatic heterocycles. The molecule has 37 heavy (non-hydrogen) atoms. The molecule has 0 spiro atoms. The minimum absolute atomic E-state index is 0.0306. The summed E-state index contributed by atoms with van der Waals surface area (Å²) in [5.41, 5.74) is 6.59. The molecule has 11 nitrogen and oxygen atoms in total. The number of carbonyl (C=O) groups is 4. The molecule has 2 aromatic rings. The molecule has 2 aromatic carbocycles. The van der Waals surface area contributed by atoms with Gasteiger partial charge in [0.15, 0.2) is 11.5 Å². The molecule has 0 radical (unpaired) electrons. The molecule has 0 aliphatic carbocycles. The standard InChI is InChI=1S/C26H29N5O6/c1-36-15-21(32)28-20-5-3-4-19(14-20)26(24(35)29-25(27)30-26)18-10-12-31(13-11-18)22(33)16-6-8-17(9-7-16)23(34)37-2/h3-9,14,18H,10-13,15H2,1-2H3,(H,28,32)(H3,27,29,30,35). The van der Waals surface area contributed by atoms with Crippen LogP contribution in [0.1, 0.15) is 39.1 Å². The molecule has 2 aliphatic rings. The Morgan fingerprint density at radius 1 is 1.11 bits per heavy atom. The van der Waals surface area contributed by atoms with Crippen LogP contribution in [-0.4, -0.2) is 68.5 Å². The summed E-state index contributed by atoms with van der Waals surface area (Å²) in [6.07, 6.45) is 1.02. The molecule has 1 fully saturated rings. The number of nitrogens with two attached hydrogens (primary N) is 1. The Morgan fingerprint density at radius 3 is 2.38 bits per heavy atom. The van der Waals surface area contributed by atoms with Crippen molar-refractivity contribution in [2.24, 2.45) is 16.6 Å². The fraction of sp³-hybridized carbons (Fsp3) is 0.346. The van der Waals surface area contributed by atoms with Crippen molar-refractivity contribution in [3.8, 4) is 0 Å². The summed E-state index contributed by atoms with van der Waals surface area (Å²) in [7, 11) is 2.73. The number of likely N-dealkylation sites (tertiary alicyclic amines) is 1. The van der Waals surface area contributed by atoms with E-state index in [1.54, 1.807) is 53.4 Å². The number of nitrogens with one attached hydrogen (secondary N) is 2. The zero-order chi connectivity index (χ0) is 26.6. The Labute approximate surface area is 214 Å². The molecule has 194 valence electrons. The summed E-state index contributed by atoms with van der Waals surface area (Å²) in [5.74, 6) is -1.49. The maximum absolute atomic E-state index is 13.3. The van der Waals surface area contributed by atoms with Gasteiger partial charge in [-0.3, -0.25) is 19.7 Å². The van der Waals surface area contributed by atoms with Gasteiger partial charge < -0.3 is 25.4 Å². The van der Waals surface area contributed by atoms with Gasteiger partial charge in [0.2, 0.25) is 5.91 Å². The van der Waals surface area contributed by atoms with Gasteiger partial charge in [0, 0.05) is 37.4 Å². The number of guanidine groups is 1. The monoisotopic (exact) mass is 507 g/mol. The number of aliphatic imine (C=N–C) groups is 1. The zero-order valence-corrected chi connectivity index (χ0v) is 20.7. The van der Waals surface area contributed by atoms with E-state index in [0.717, 1.165) is 0 Å². The lowest BCUT2D eigenvalue weighted by molar-refractivity contribution is -0.126. The average Bonchev–Trinajstić information content (AvgIpc) is 3.22. The van der Waals surface area contributed by atoms with Gasteiger partial charge in [-0.25, -0.2) is 9.79 Å². The molecule has 2 aliphatic heterocycles.